The Bertz CT molecular complexity index is 2240. The van der Waals surface area contributed by atoms with Gasteiger partial charge in [-0.25, -0.2) is 0 Å². The molecule has 7 aromatic carbocycles. The lowest BCUT2D eigenvalue weighted by Crippen LogP contribution is -2.01. The fraction of sp³-hybridized carbons (Fsp3) is 0. The molecule has 0 aliphatic carbocycles. The van der Waals surface area contributed by atoms with E-state index >= 15 is 0 Å². The number of para-hydroxylation sites is 1. The van der Waals surface area contributed by atoms with Gasteiger partial charge in [0.1, 0.15) is 7.85 Å². The molecule has 0 bridgehead atoms. The first-order valence-electron chi connectivity index (χ1n) is 14.3. The van der Waals surface area contributed by atoms with Gasteiger partial charge in [0, 0.05) is 16.5 Å². The molecule has 1 nitrogen and oxygen atoms in total. The summed E-state index contributed by atoms with van der Waals surface area (Å²) in [7, 11) is 6.25. The molecule has 0 saturated carbocycles. The largest absolute Gasteiger partial charge is 0.309 e. The highest BCUT2D eigenvalue weighted by atomic mass is 15.0. The van der Waals surface area contributed by atoms with Crippen molar-refractivity contribution in [2.45, 2.75) is 0 Å². The molecule has 8 aromatic rings. The molecule has 2 radical (unpaired) electrons. The van der Waals surface area contributed by atoms with Gasteiger partial charge >= 0.3 is 0 Å². The van der Waals surface area contributed by atoms with Gasteiger partial charge in [0.2, 0.25) is 0 Å². The monoisotopic (exact) mass is 531 g/mol. The Morgan fingerprint density at radius 1 is 0.357 bits per heavy atom. The SMILES string of the molecule is [B]c1ccc2c(c1)c1ccccc1n2-c1cc(-c2ccc(-c3ccccc3)cc2)cc(-c2ccc3ccccc3c2)c1. The Kier molecular flexibility index (Phi) is 5.79. The van der Waals surface area contributed by atoms with Crippen molar-refractivity contribution in [3.63, 3.8) is 0 Å². The summed E-state index contributed by atoms with van der Waals surface area (Å²) in [5.41, 5.74) is 11.4. The first-order chi connectivity index (χ1) is 20.7. The van der Waals surface area contributed by atoms with Gasteiger partial charge in [0.05, 0.1) is 11.0 Å². The molecule has 194 valence electrons. The molecule has 0 aliphatic heterocycles. The first kappa shape index (κ1) is 24.5. The minimum absolute atomic E-state index is 0.773. The molecule has 1 heterocycles. The summed E-state index contributed by atoms with van der Waals surface area (Å²) in [4.78, 5) is 0. The van der Waals surface area contributed by atoms with E-state index in [0.717, 1.165) is 22.1 Å². The Morgan fingerprint density at radius 2 is 0.952 bits per heavy atom. The van der Waals surface area contributed by atoms with Gasteiger partial charge in [-0.05, 0) is 80.6 Å². The second-order valence-corrected chi connectivity index (χ2v) is 10.9. The Hall–Kier alpha value is -5.34. The molecule has 1 aromatic heterocycles. The Labute approximate surface area is 246 Å². The van der Waals surface area contributed by atoms with E-state index in [2.05, 4.69) is 156 Å². The third-order valence-electron chi connectivity index (χ3n) is 8.28. The van der Waals surface area contributed by atoms with Crippen LogP contribution in [-0.4, -0.2) is 12.4 Å². The molecule has 0 atom stereocenters. The second-order valence-electron chi connectivity index (χ2n) is 10.9. The number of aromatic nitrogens is 1. The van der Waals surface area contributed by atoms with Gasteiger partial charge in [-0.3, -0.25) is 0 Å². The van der Waals surface area contributed by atoms with Gasteiger partial charge in [-0.2, -0.15) is 0 Å². The molecule has 0 saturated heterocycles. The van der Waals surface area contributed by atoms with Crippen LogP contribution in [0.2, 0.25) is 0 Å². The molecule has 42 heavy (non-hydrogen) atoms. The van der Waals surface area contributed by atoms with Crippen molar-refractivity contribution in [2.24, 2.45) is 0 Å². The maximum absolute atomic E-state index is 6.25. The summed E-state index contributed by atoms with van der Waals surface area (Å²) in [5.74, 6) is 0. The normalized spacial score (nSPS) is 11.4. The van der Waals surface area contributed by atoms with E-state index in [1.165, 1.54) is 55.1 Å². The highest BCUT2D eigenvalue weighted by Gasteiger charge is 2.15. The van der Waals surface area contributed by atoms with Crippen molar-refractivity contribution < 1.29 is 0 Å². The van der Waals surface area contributed by atoms with Crippen molar-refractivity contribution in [3.8, 4) is 39.1 Å². The molecule has 2 heteroatoms. The van der Waals surface area contributed by atoms with Crippen LogP contribution in [0.15, 0.2) is 158 Å². The average Bonchev–Trinajstić information content (AvgIpc) is 3.38. The van der Waals surface area contributed by atoms with Crippen LogP contribution in [0.4, 0.5) is 0 Å². The topological polar surface area (TPSA) is 4.93 Å². The quantitative estimate of drug-likeness (QED) is 0.199. The van der Waals surface area contributed by atoms with E-state index in [1.807, 2.05) is 6.07 Å². The lowest BCUT2D eigenvalue weighted by Gasteiger charge is -2.15. The molecule has 0 fully saturated rings. The number of rotatable bonds is 4. The van der Waals surface area contributed by atoms with E-state index in [0.29, 0.717) is 0 Å². The standard InChI is InChI=1S/C40H26BN/c41-35-20-21-40-38(26-35)37-12-6-7-13-39(37)42(40)36-24-33(30-16-14-29(15-17-30)27-8-2-1-3-9-27)23-34(25-36)32-19-18-28-10-4-5-11-31(28)22-32/h1-26H. The number of nitrogens with zero attached hydrogens (tertiary/aromatic N) is 1. The van der Waals surface area contributed by atoms with Crippen LogP contribution in [0.3, 0.4) is 0 Å². The lowest BCUT2D eigenvalue weighted by atomic mass is 9.94. The van der Waals surface area contributed by atoms with Crippen molar-refractivity contribution in [3.05, 3.63) is 158 Å². The van der Waals surface area contributed by atoms with Crippen LogP contribution in [0.1, 0.15) is 0 Å². The van der Waals surface area contributed by atoms with Crippen molar-refractivity contribution in [1.29, 1.82) is 0 Å². The van der Waals surface area contributed by atoms with Crippen LogP contribution < -0.4 is 5.46 Å². The van der Waals surface area contributed by atoms with Crippen LogP contribution in [0.25, 0.3) is 71.6 Å². The maximum Gasteiger partial charge on any atom is 0.113 e. The zero-order chi connectivity index (χ0) is 28.0. The molecular formula is C40H26BN. The van der Waals surface area contributed by atoms with Gasteiger partial charge in [-0.1, -0.05) is 127 Å². The summed E-state index contributed by atoms with van der Waals surface area (Å²) in [6.45, 7) is 0. The predicted octanol–water partition coefficient (Wildman–Crippen LogP) is 9.73. The Morgan fingerprint density at radius 3 is 1.76 bits per heavy atom. The number of hydrogen-bond acceptors (Lipinski definition) is 0. The van der Waals surface area contributed by atoms with Gasteiger partial charge in [0.25, 0.3) is 0 Å². The van der Waals surface area contributed by atoms with E-state index in [4.69, 9.17) is 7.85 Å². The third kappa shape index (κ3) is 4.20. The Balaban J connectivity index is 1.36. The fourth-order valence-corrected chi connectivity index (χ4v) is 6.20. The minimum Gasteiger partial charge on any atom is -0.309 e. The predicted molar refractivity (Wildman–Crippen MR) is 180 cm³/mol. The molecule has 0 amide bonds. The summed E-state index contributed by atoms with van der Waals surface area (Å²) in [6.07, 6.45) is 0. The zero-order valence-electron chi connectivity index (χ0n) is 23.0. The second kappa shape index (κ2) is 9.94. The lowest BCUT2D eigenvalue weighted by molar-refractivity contribution is 1.18. The maximum atomic E-state index is 6.25. The number of hydrogen-bond donors (Lipinski definition) is 0. The average molecular weight is 531 g/mol. The summed E-state index contributed by atoms with van der Waals surface area (Å²) in [6, 6.07) is 56.5. The van der Waals surface area contributed by atoms with Gasteiger partial charge < -0.3 is 4.57 Å². The van der Waals surface area contributed by atoms with Crippen LogP contribution >= 0.6 is 0 Å². The van der Waals surface area contributed by atoms with Crippen molar-refractivity contribution >= 4 is 45.9 Å². The first-order valence-corrected chi connectivity index (χ1v) is 14.3. The molecule has 0 spiro atoms. The molecular weight excluding hydrogens is 505 g/mol. The van der Waals surface area contributed by atoms with Gasteiger partial charge in [0.15, 0.2) is 0 Å². The van der Waals surface area contributed by atoms with Crippen molar-refractivity contribution in [2.75, 3.05) is 0 Å². The van der Waals surface area contributed by atoms with E-state index in [9.17, 15) is 0 Å². The van der Waals surface area contributed by atoms with Crippen LogP contribution in [-0.2, 0) is 0 Å². The minimum atomic E-state index is 0.773. The summed E-state index contributed by atoms with van der Waals surface area (Å²) >= 11 is 0. The van der Waals surface area contributed by atoms with Crippen molar-refractivity contribution in [1.82, 2.24) is 4.57 Å². The van der Waals surface area contributed by atoms with E-state index in [-0.39, 0.29) is 0 Å². The fourth-order valence-electron chi connectivity index (χ4n) is 6.20. The van der Waals surface area contributed by atoms with Crippen LogP contribution in [0, 0.1) is 0 Å². The number of benzene rings is 7. The third-order valence-corrected chi connectivity index (χ3v) is 8.28. The zero-order valence-corrected chi connectivity index (χ0v) is 23.0. The highest BCUT2D eigenvalue weighted by Crippen LogP contribution is 2.37. The molecule has 0 aliphatic rings. The van der Waals surface area contributed by atoms with E-state index in [1.54, 1.807) is 0 Å². The number of fused-ring (bicyclic) bond motifs is 4. The highest BCUT2D eigenvalue weighted by molar-refractivity contribution is 6.34. The molecule has 0 N–H and O–H groups in total. The van der Waals surface area contributed by atoms with Crippen LogP contribution in [0.5, 0.6) is 0 Å². The summed E-state index contributed by atoms with van der Waals surface area (Å²) in [5, 5.41) is 4.84. The van der Waals surface area contributed by atoms with E-state index < -0.39 is 0 Å². The van der Waals surface area contributed by atoms with Gasteiger partial charge in [-0.15, -0.1) is 0 Å². The molecule has 8 rings (SSSR count). The summed E-state index contributed by atoms with van der Waals surface area (Å²) < 4.78 is 2.37. The smallest absolute Gasteiger partial charge is 0.113 e. The molecule has 0 unspecified atom stereocenters.